The van der Waals surface area contributed by atoms with Gasteiger partial charge in [-0.2, -0.15) is 0 Å². The monoisotopic (exact) mass is 326 g/mol. The number of halogens is 2. The Kier molecular flexibility index (Phi) is 4.60. The molecule has 2 rings (SSSR count). The fraction of sp³-hybridized carbons (Fsp3) is 0.133. The van der Waals surface area contributed by atoms with Crippen LogP contribution in [0.2, 0.25) is 10.0 Å². The summed E-state index contributed by atoms with van der Waals surface area (Å²) < 4.78 is 10.2. The van der Waals surface area contributed by atoms with Gasteiger partial charge in [0.1, 0.15) is 17.1 Å². The van der Waals surface area contributed by atoms with Gasteiger partial charge in [-0.25, -0.2) is 0 Å². The molecule has 2 aromatic carbocycles. The van der Waals surface area contributed by atoms with Crippen LogP contribution in [0.15, 0.2) is 30.3 Å². The van der Waals surface area contributed by atoms with E-state index in [2.05, 4.69) is 0 Å². The third-order valence-corrected chi connectivity index (χ3v) is 3.62. The van der Waals surface area contributed by atoms with Crippen molar-refractivity contribution >= 4 is 29.0 Å². The van der Waals surface area contributed by atoms with Crippen LogP contribution in [0.5, 0.6) is 17.2 Å². The third-order valence-electron chi connectivity index (χ3n) is 2.95. The topological polar surface area (TPSA) is 55.8 Å². The highest BCUT2D eigenvalue weighted by molar-refractivity contribution is 6.40. The van der Waals surface area contributed by atoms with Gasteiger partial charge in [0.15, 0.2) is 5.75 Å². The second kappa shape index (κ2) is 6.24. The molecule has 0 aliphatic carbocycles. The highest BCUT2D eigenvalue weighted by atomic mass is 35.5. The Balaban J connectivity index is 2.61. The normalized spacial score (nSPS) is 10.3. The zero-order chi connectivity index (χ0) is 15.6. The van der Waals surface area contributed by atoms with Crippen LogP contribution in [0.1, 0.15) is 15.9 Å². The molecule has 0 radical (unpaired) electrons. The van der Waals surface area contributed by atoms with E-state index in [0.29, 0.717) is 5.02 Å². The van der Waals surface area contributed by atoms with Crippen LogP contribution in [0.25, 0.3) is 0 Å². The molecule has 0 saturated heterocycles. The van der Waals surface area contributed by atoms with E-state index in [0.717, 1.165) is 0 Å². The summed E-state index contributed by atoms with van der Waals surface area (Å²) >= 11 is 12.1. The minimum Gasteiger partial charge on any atom is -0.507 e. The Bertz CT molecular complexity index is 698. The number of carbonyl (C=O) groups excluding carboxylic acids is 1. The van der Waals surface area contributed by atoms with Gasteiger partial charge in [0.2, 0.25) is 5.78 Å². The van der Waals surface area contributed by atoms with Crippen LogP contribution < -0.4 is 9.47 Å². The maximum atomic E-state index is 12.6. The number of hydrogen-bond acceptors (Lipinski definition) is 4. The van der Waals surface area contributed by atoms with Gasteiger partial charge in [-0.3, -0.25) is 4.79 Å². The first kappa shape index (κ1) is 15.5. The second-order valence-corrected chi connectivity index (χ2v) is 4.91. The largest absolute Gasteiger partial charge is 0.507 e. The number of carbonyl (C=O) groups is 1. The summed E-state index contributed by atoms with van der Waals surface area (Å²) in [4.78, 5) is 12.6. The Hall–Kier alpha value is -1.91. The number of methoxy groups -OCH3 is 2. The molecule has 0 aromatic heterocycles. The zero-order valence-corrected chi connectivity index (χ0v) is 12.8. The van der Waals surface area contributed by atoms with E-state index in [1.807, 2.05) is 0 Å². The van der Waals surface area contributed by atoms with Crippen LogP contribution >= 0.6 is 23.2 Å². The summed E-state index contributed by atoms with van der Waals surface area (Å²) in [6.07, 6.45) is 0. The zero-order valence-electron chi connectivity index (χ0n) is 11.3. The van der Waals surface area contributed by atoms with Crippen LogP contribution in [-0.4, -0.2) is 25.1 Å². The minimum absolute atomic E-state index is 0.0336. The Labute approximate surface area is 131 Å². The molecule has 0 aliphatic heterocycles. The Morgan fingerprint density at radius 1 is 1.10 bits per heavy atom. The van der Waals surface area contributed by atoms with Crippen molar-refractivity contribution in [1.82, 2.24) is 0 Å². The fourth-order valence-electron chi connectivity index (χ4n) is 1.95. The molecule has 0 aliphatic rings. The van der Waals surface area contributed by atoms with E-state index in [4.69, 9.17) is 32.7 Å². The average molecular weight is 327 g/mol. The molecule has 0 unspecified atom stereocenters. The van der Waals surface area contributed by atoms with Crippen LogP contribution in [0.3, 0.4) is 0 Å². The first-order valence-corrected chi connectivity index (χ1v) is 6.69. The van der Waals surface area contributed by atoms with Crippen molar-refractivity contribution in [3.05, 3.63) is 51.5 Å². The smallest absolute Gasteiger partial charge is 0.202 e. The predicted octanol–water partition coefficient (Wildman–Crippen LogP) is 3.95. The summed E-state index contributed by atoms with van der Waals surface area (Å²) in [5.74, 6) is -0.210. The van der Waals surface area contributed by atoms with Gasteiger partial charge in [0.25, 0.3) is 0 Å². The average Bonchev–Trinajstić information content (AvgIpc) is 2.47. The standard InChI is InChI=1S/C15H12Cl2O4/c1-20-11-5-3-4-10(18)12(11)14(19)8-6-7-9(16)15(21-2)13(8)17/h3-7,18H,1-2H3. The van der Waals surface area contributed by atoms with E-state index in [1.165, 1.54) is 32.4 Å². The molecular weight excluding hydrogens is 315 g/mol. The molecule has 0 spiro atoms. The number of phenols is 1. The van der Waals surface area contributed by atoms with Gasteiger partial charge in [-0.15, -0.1) is 0 Å². The van der Waals surface area contributed by atoms with Crippen molar-refractivity contribution in [3.63, 3.8) is 0 Å². The molecule has 2 aromatic rings. The number of ketones is 1. The quantitative estimate of drug-likeness (QED) is 0.864. The Morgan fingerprint density at radius 2 is 1.81 bits per heavy atom. The first-order chi connectivity index (χ1) is 10.0. The van der Waals surface area contributed by atoms with E-state index >= 15 is 0 Å². The van der Waals surface area contributed by atoms with Crippen LogP contribution in [0.4, 0.5) is 0 Å². The van der Waals surface area contributed by atoms with Crippen molar-refractivity contribution in [2.24, 2.45) is 0 Å². The number of ether oxygens (including phenoxy) is 2. The van der Waals surface area contributed by atoms with Gasteiger partial charge >= 0.3 is 0 Å². The molecule has 6 heteroatoms. The molecule has 0 atom stereocenters. The molecule has 1 N–H and O–H groups in total. The predicted molar refractivity (Wildman–Crippen MR) is 81.1 cm³/mol. The molecule has 0 amide bonds. The molecule has 4 nitrogen and oxygen atoms in total. The number of rotatable bonds is 4. The highest BCUT2D eigenvalue weighted by Gasteiger charge is 2.23. The SMILES string of the molecule is COc1cccc(O)c1C(=O)c1ccc(Cl)c(OC)c1Cl. The fourth-order valence-corrected chi connectivity index (χ4v) is 2.56. The van der Waals surface area contributed by atoms with E-state index in [9.17, 15) is 9.90 Å². The number of phenolic OH excluding ortho intramolecular Hbond substituents is 1. The summed E-state index contributed by atoms with van der Waals surface area (Å²) in [7, 11) is 2.82. The molecule has 0 fully saturated rings. The molecule has 21 heavy (non-hydrogen) atoms. The van der Waals surface area contributed by atoms with Gasteiger partial charge in [0, 0.05) is 5.56 Å². The van der Waals surface area contributed by atoms with Crippen molar-refractivity contribution in [1.29, 1.82) is 0 Å². The maximum Gasteiger partial charge on any atom is 0.202 e. The number of aromatic hydroxyl groups is 1. The molecular formula is C15H12Cl2O4. The van der Waals surface area contributed by atoms with Gasteiger partial charge in [0.05, 0.1) is 24.3 Å². The maximum absolute atomic E-state index is 12.6. The van der Waals surface area contributed by atoms with Crippen molar-refractivity contribution < 1.29 is 19.4 Å². The van der Waals surface area contributed by atoms with Crippen LogP contribution in [0, 0.1) is 0 Å². The van der Waals surface area contributed by atoms with Crippen molar-refractivity contribution in [3.8, 4) is 17.2 Å². The number of hydrogen-bond donors (Lipinski definition) is 1. The van der Waals surface area contributed by atoms with E-state index in [-0.39, 0.29) is 33.4 Å². The lowest BCUT2D eigenvalue weighted by molar-refractivity contribution is 0.103. The summed E-state index contributed by atoms with van der Waals surface area (Å²) in [6.45, 7) is 0. The van der Waals surface area contributed by atoms with E-state index in [1.54, 1.807) is 12.1 Å². The van der Waals surface area contributed by atoms with Gasteiger partial charge in [-0.05, 0) is 24.3 Å². The van der Waals surface area contributed by atoms with E-state index < -0.39 is 5.78 Å². The summed E-state index contributed by atoms with van der Waals surface area (Å²) in [5, 5.41) is 10.3. The molecule has 0 heterocycles. The summed E-state index contributed by atoms with van der Waals surface area (Å²) in [5.41, 5.74) is 0.198. The Morgan fingerprint density at radius 3 is 2.43 bits per heavy atom. The molecule has 0 bridgehead atoms. The lowest BCUT2D eigenvalue weighted by Gasteiger charge is -2.12. The molecule has 110 valence electrons. The van der Waals surface area contributed by atoms with Gasteiger partial charge < -0.3 is 14.6 Å². The van der Waals surface area contributed by atoms with Crippen molar-refractivity contribution in [2.75, 3.05) is 14.2 Å². The molecule has 0 saturated carbocycles. The lowest BCUT2D eigenvalue weighted by Crippen LogP contribution is -2.06. The van der Waals surface area contributed by atoms with Crippen LogP contribution in [-0.2, 0) is 0 Å². The van der Waals surface area contributed by atoms with Gasteiger partial charge in [-0.1, -0.05) is 29.3 Å². The lowest BCUT2D eigenvalue weighted by atomic mass is 10.0. The highest BCUT2D eigenvalue weighted by Crippen LogP contribution is 2.38. The number of benzene rings is 2. The first-order valence-electron chi connectivity index (χ1n) is 5.94. The summed E-state index contributed by atoms with van der Waals surface area (Å²) in [6, 6.07) is 7.53. The third kappa shape index (κ3) is 2.77. The minimum atomic E-state index is -0.482. The van der Waals surface area contributed by atoms with Crippen molar-refractivity contribution in [2.45, 2.75) is 0 Å². The second-order valence-electron chi connectivity index (χ2n) is 4.13.